The molecule has 1 heterocycles. The molecule has 4 heteroatoms. The maximum Gasteiger partial charge on any atom is 0.128 e. The fourth-order valence-corrected chi connectivity index (χ4v) is 2.13. The van der Waals surface area contributed by atoms with Crippen LogP contribution >= 0.6 is 11.6 Å². The van der Waals surface area contributed by atoms with Crippen LogP contribution in [-0.4, -0.2) is 12.7 Å². The van der Waals surface area contributed by atoms with Gasteiger partial charge in [-0.2, -0.15) is 0 Å². The molecular formula is C11H11ClF2O. The maximum atomic E-state index is 13.4. The second-order valence-corrected chi connectivity index (χ2v) is 4.09. The van der Waals surface area contributed by atoms with Crippen LogP contribution in [0.5, 0.6) is 0 Å². The Morgan fingerprint density at radius 1 is 1.40 bits per heavy atom. The van der Waals surface area contributed by atoms with Gasteiger partial charge in [-0.25, -0.2) is 8.78 Å². The fraction of sp³-hybridized carbons (Fsp3) is 0.455. The predicted octanol–water partition coefficient (Wildman–Crippen LogP) is 3.42. The van der Waals surface area contributed by atoms with E-state index >= 15 is 0 Å². The van der Waals surface area contributed by atoms with E-state index in [4.69, 9.17) is 16.3 Å². The Morgan fingerprint density at radius 3 is 2.87 bits per heavy atom. The van der Waals surface area contributed by atoms with Crippen molar-refractivity contribution >= 4 is 11.6 Å². The molecular weight excluding hydrogens is 222 g/mol. The van der Waals surface area contributed by atoms with Crippen molar-refractivity contribution in [2.45, 2.75) is 24.3 Å². The summed E-state index contributed by atoms with van der Waals surface area (Å²) in [5, 5.41) is -0.608. The normalized spacial score (nSPS) is 23.0. The van der Waals surface area contributed by atoms with Crippen LogP contribution < -0.4 is 0 Å². The lowest BCUT2D eigenvalue weighted by Crippen LogP contribution is -2.14. The molecule has 0 aromatic heterocycles. The first-order valence-electron chi connectivity index (χ1n) is 4.89. The van der Waals surface area contributed by atoms with Crippen LogP contribution in [0.15, 0.2) is 18.2 Å². The van der Waals surface area contributed by atoms with E-state index in [1.165, 1.54) is 0 Å². The zero-order valence-corrected chi connectivity index (χ0v) is 8.81. The molecule has 1 aliphatic rings. The molecule has 0 bridgehead atoms. The van der Waals surface area contributed by atoms with Crippen LogP contribution in [0.4, 0.5) is 8.78 Å². The van der Waals surface area contributed by atoms with Gasteiger partial charge in [0.15, 0.2) is 0 Å². The third-order valence-electron chi connectivity index (χ3n) is 2.55. The Labute approximate surface area is 92.0 Å². The molecule has 1 fully saturated rings. The molecule has 0 aliphatic carbocycles. The van der Waals surface area contributed by atoms with E-state index in [2.05, 4.69) is 0 Å². The quantitative estimate of drug-likeness (QED) is 0.710. The topological polar surface area (TPSA) is 9.23 Å². The van der Waals surface area contributed by atoms with E-state index in [-0.39, 0.29) is 11.7 Å². The first-order valence-corrected chi connectivity index (χ1v) is 5.33. The van der Waals surface area contributed by atoms with Gasteiger partial charge in [0.25, 0.3) is 0 Å². The van der Waals surface area contributed by atoms with Crippen LogP contribution in [0.25, 0.3) is 0 Å². The Morgan fingerprint density at radius 2 is 2.20 bits per heavy atom. The van der Waals surface area contributed by atoms with Crippen molar-refractivity contribution in [2.75, 3.05) is 6.61 Å². The smallest absolute Gasteiger partial charge is 0.128 e. The third kappa shape index (κ3) is 2.29. The summed E-state index contributed by atoms with van der Waals surface area (Å²) in [5.41, 5.74) is 0.184. The first kappa shape index (κ1) is 10.8. The molecule has 1 aromatic rings. The lowest BCUT2D eigenvalue weighted by molar-refractivity contribution is 0.106. The summed E-state index contributed by atoms with van der Waals surface area (Å²) in [5.74, 6) is -0.957. The molecule has 2 rings (SSSR count). The van der Waals surface area contributed by atoms with Crippen molar-refractivity contribution in [2.24, 2.45) is 0 Å². The van der Waals surface area contributed by atoms with Gasteiger partial charge in [0.2, 0.25) is 0 Å². The largest absolute Gasteiger partial charge is 0.376 e. The molecule has 1 aromatic carbocycles. The van der Waals surface area contributed by atoms with Gasteiger partial charge in [-0.05, 0) is 31.0 Å². The first-order chi connectivity index (χ1) is 7.18. The predicted molar refractivity (Wildman–Crippen MR) is 53.9 cm³/mol. The number of rotatable bonds is 2. The Bertz CT molecular complexity index is 350. The molecule has 1 nitrogen and oxygen atoms in total. The van der Waals surface area contributed by atoms with E-state index in [1.54, 1.807) is 0 Å². The Kier molecular flexibility index (Phi) is 3.22. The molecule has 1 saturated heterocycles. The molecule has 0 radical (unpaired) electrons. The zero-order chi connectivity index (χ0) is 10.8. The van der Waals surface area contributed by atoms with Gasteiger partial charge in [0.1, 0.15) is 11.6 Å². The van der Waals surface area contributed by atoms with Crippen molar-refractivity contribution in [1.82, 2.24) is 0 Å². The number of alkyl halides is 1. The van der Waals surface area contributed by atoms with Crippen molar-refractivity contribution < 1.29 is 13.5 Å². The minimum atomic E-state index is -0.608. The Hall–Kier alpha value is -0.670. The highest BCUT2D eigenvalue weighted by molar-refractivity contribution is 6.21. The molecule has 2 atom stereocenters. The number of hydrogen-bond acceptors (Lipinski definition) is 1. The molecule has 0 spiro atoms. The summed E-state index contributed by atoms with van der Waals surface area (Å²) < 4.78 is 31.6. The monoisotopic (exact) mass is 232 g/mol. The average Bonchev–Trinajstić information content (AvgIpc) is 2.74. The minimum Gasteiger partial charge on any atom is -0.376 e. The second-order valence-electron chi connectivity index (χ2n) is 3.62. The highest BCUT2D eigenvalue weighted by Crippen LogP contribution is 2.33. The molecule has 1 aliphatic heterocycles. The van der Waals surface area contributed by atoms with Gasteiger partial charge in [0, 0.05) is 12.2 Å². The van der Waals surface area contributed by atoms with E-state index in [0.29, 0.717) is 6.61 Å². The zero-order valence-electron chi connectivity index (χ0n) is 8.05. The van der Waals surface area contributed by atoms with E-state index in [9.17, 15) is 8.78 Å². The van der Waals surface area contributed by atoms with Gasteiger partial charge >= 0.3 is 0 Å². The summed E-state index contributed by atoms with van der Waals surface area (Å²) in [6.45, 7) is 0.644. The van der Waals surface area contributed by atoms with Crippen LogP contribution in [0, 0.1) is 11.6 Å². The van der Waals surface area contributed by atoms with Crippen LogP contribution in [0.3, 0.4) is 0 Å². The number of ether oxygens (including phenoxy) is 1. The molecule has 0 saturated carbocycles. The van der Waals surface area contributed by atoms with Crippen molar-refractivity contribution in [3.63, 3.8) is 0 Å². The maximum absolute atomic E-state index is 13.4. The van der Waals surface area contributed by atoms with Gasteiger partial charge in [0.05, 0.1) is 11.5 Å². The number of hydrogen-bond donors (Lipinski definition) is 0. The number of halogens is 3. The molecule has 0 N–H and O–H groups in total. The number of benzene rings is 1. The third-order valence-corrected chi connectivity index (χ3v) is 3.06. The highest BCUT2D eigenvalue weighted by Gasteiger charge is 2.27. The fourth-order valence-electron chi connectivity index (χ4n) is 1.76. The van der Waals surface area contributed by atoms with Gasteiger partial charge in [-0.15, -0.1) is 11.6 Å². The standard InChI is InChI=1S/C11H11ClF2O/c12-11(10-2-1-5-15-10)8-6-7(13)3-4-9(8)14/h3-4,6,10-11H,1-2,5H2. The summed E-state index contributed by atoms with van der Waals surface area (Å²) in [6, 6.07) is 3.31. The summed E-state index contributed by atoms with van der Waals surface area (Å²) >= 11 is 6.06. The second kappa shape index (κ2) is 4.45. The summed E-state index contributed by atoms with van der Waals surface area (Å²) in [7, 11) is 0. The lowest BCUT2D eigenvalue weighted by atomic mass is 10.0. The summed E-state index contributed by atoms with van der Waals surface area (Å²) in [4.78, 5) is 0. The SMILES string of the molecule is Fc1ccc(F)c(C(Cl)C2CCCO2)c1. The van der Waals surface area contributed by atoms with Gasteiger partial charge in [-0.3, -0.25) is 0 Å². The Balaban J connectivity index is 2.23. The summed E-state index contributed by atoms with van der Waals surface area (Å²) in [6.07, 6.45) is 1.51. The van der Waals surface area contributed by atoms with Crippen LogP contribution in [0.2, 0.25) is 0 Å². The van der Waals surface area contributed by atoms with Crippen molar-refractivity contribution in [3.8, 4) is 0 Å². The average molecular weight is 233 g/mol. The van der Waals surface area contributed by atoms with E-state index < -0.39 is 17.0 Å². The van der Waals surface area contributed by atoms with Crippen LogP contribution in [0.1, 0.15) is 23.8 Å². The van der Waals surface area contributed by atoms with Crippen molar-refractivity contribution in [1.29, 1.82) is 0 Å². The van der Waals surface area contributed by atoms with Gasteiger partial charge in [-0.1, -0.05) is 0 Å². The molecule has 2 unspecified atom stereocenters. The highest BCUT2D eigenvalue weighted by atomic mass is 35.5. The molecule has 0 amide bonds. The van der Waals surface area contributed by atoms with Crippen LogP contribution in [-0.2, 0) is 4.74 Å². The van der Waals surface area contributed by atoms with E-state index in [0.717, 1.165) is 31.0 Å². The van der Waals surface area contributed by atoms with E-state index in [1.807, 2.05) is 0 Å². The van der Waals surface area contributed by atoms with Gasteiger partial charge < -0.3 is 4.74 Å². The van der Waals surface area contributed by atoms with Crippen molar-refractivity contribution in [3.05, 3.63) is 35.4 Å². The molecule has 82 valence electrons. The lowest BCUT2D eigenvalue weighted by Gasteiger charge is -2.17. The minimum absolute atomic E-state index is 0.184. The molecule has 15 heavy (non-hydrogen) atoms.